The molecule has 0 atom stereocenters. The van der Waals surface area contributed by atoms with Crippen molar-refractivity contribution in [3.05, 3.63) is 70.1 Å². The number of aliphatic hydroxyl groups is 1. The van der Waals surface area contributed by atoms with Crippen molar-refractivity contribution in [1.82, 2.24) is 4.57 Å². The molecule has 25 heavy (non-hydrogen) atoms. The summed E-state index contributed by atoms with van der Waals surface area (Å²) in [5.74, 6) is -0.712. The Morgan fingerprint density at radius 3 is 2.76 bits per heavy atom. The number of nitrogens with zero attached hydrogens (tertiary/aromatic N) is 2. The van der Waals surface area contributed by atoms with Gasteiger partial charge in [-0.2, -0.15) is 0 Å². The summed E-state index contributed by atoms with van der Waals surface area (Å²) < 4.78 is 6.75. The average molecular weight is 354 g/mol. The Balaban J connectivity index is 2.06. The summed E-state index contributed by atoms with van der Waals surface area (Å²) >= 11 is 1.25. The van der Waals surface area contributed by atoms with Gasteiger partial charge in [0.15, 0.2) is 0 Å². The molecule has 1 aliphatic heterocycles. The van der Waals surface area contributed by atoms with Crippen LogP contribution in [0.3, 0.4) is 0 Å². The van der Waals surface area contributed by atoms with E-state index in [1.807, 2.05) is 67.2 Å². The lowest BCUT2D eigenvalue weighted by atomic mass is 10.2. The number of hydrogen-bond acceptors (Lipinski definition) is 5. The van der Waals surface area contributed by atoms with E-state index in [1.165, 1.54) is 18.9 Å². The van der Waals surface area contributed by atoms with Gasteiger partial charge < -0.3 is 14.4 Å². The maximum absolute atomic E-state index is 12.1. The van der Waals surface area contributed by atoms with Crippen LogP contribution in [0.5, 0.6) is 0 Å². The van der Waals surface area contributed by atoms with E-state index in [4.69, 9.17) is 4.74 Å². The molecule has 1 aromatic carbocycles. The van der Waals surface area contributed by atoms with Crippen LogP contribution in [-0.2, 0) is 16.6 Å². The summed E-state index contributed by atoms with van der Waals surface area (Å²) in [6, 6.07) is 11.5. The first-order valence-electron chi connectivity index (χ1n) is 7.68. The zero-order valence-corrected chi connectivity index (χ0v) is 15.0. The molecular formula is C19H18N2O3S. The summed E-state index contributed by atoms with van der Waals surface area (Å²) in [5.41, 5.74) is 2.79. The van der Waals surface area contributed by atoms with Gasteiger partial charge in [0, 0.05) is 18.9 Å². The Hall–Kier alpha value is -2.73. The molecule has 2 aromatic rings. The molecule has 2 heterocycles. The van der Waals surface area contributed by atoms with E-state index in [-0.39, 0.29) is 11.3 Å². The Morgan fingerprint density at radius 1 is 1.32 bits per heavy atom. The van der Waals surface area contributed by atoms with E-state index in [1.54, 1.807) is 0 Å². The number of aliphatic hydroxyl groups excluding tert-OH is 1. The van der Waals surface area contributed by atoms with Gasteiger partial charge >= 0.3 is 5.97 Å². The van der Waals surface area contributed by atoms with Gasteiger partial charge in [-0.25, -0.2) is 9.79 Å². The summed E-state index contributed by atoms with van der Waals surface area (Å²) in [4.78, 5) is 17.2. The molecule has 1 aliphatic rings. The highest BCUT2D eigenvalue weighted by molar-refractivity contribution is 8.18. The second-order valence-electron chi connectivity index (χ2n) is 5.63. The number of carbonyl (C=O) groups excluding carboxylic acids is 1. The largest absolute Gasteiger partial charge is 0.506 e. The van der Waals surface area contributed by atoms with Crippen molar-refractivity contribution < 1.29 is 14.6 Å². The molecule has 128 valence electrons. The van der Waals surface area contributed by atoms with Gasteiger partial charge in [-0.1, -0.05) is 23.9 Å². The first kappa shape index (κ1) is 17.1. The van der Waals surface area contributed by atoms with Crippen molar-refractivity contribution in [1.29, 1.82) is 0 Å². The van der Waals surface area contributed by atoms with Crippen LogP contribution in [0, 0.1) is 6.92 Å². The fraction of sp³-hybridized carbons (Fsp3) is 0.158. The van der Waals surface area contributed by atoms with E-state index in [0.717, 1.165) is 16.9 Å². The molecule has 3 rings (SSSR count). The molecule has 0 aliphatic carbocycles. The number of esters is 1. The van der Waals surface area contributed by atoms with Crippen molar-refractivity contribution in [2.24, 2.45) is 12.0 Å². The summed E-state index contributed by atoms with van der Waals surface area (Å²) in [6.07, 6.45) is 3.73. The first-order valence-corrected chi connectivity index (χ1v) is 8.50. The fourth-order valence-corrected chi connectivity index (χ4v) is 3.48. The molecule has 0 fully saturated rings. The number of methoxy groups -OCH3 is 1. The summed E-state index contributed by atoms with van der Waals surface area (Å²) in [5, 5.41) is 11.0. The van der Waals surface area contributed by atoms with Crippen molar-refractivity contribution >= 4 is 34.5 Å². The lowest BCUT2D eigenvalue weighted by Gasteiger charge is -2.02. The minimum atomic E-state index is -0.605. The number of benzene rings is 1. The molecule has 1 N–H and O–H groups in total. The highest BCUT2D eigenvalue weighted by Crippen LogP contribution is 2.40. The third-order valence-corrected chi connectivity index (χ3v) is 4.80. The molecule has 0 bridgehead atoms. The van der Waals surface area contributed by atoms with E-state index in [0.29, 0.717) is 9.95 Å². The molecule has 0 unspecified atom stereocenters. The van der Waals surface area contributed by atoms with Crippen molar-refractivity contribution in [2.45, 2.75) is 6.92 Å². The Morgan fingerprint density at radius 2 is 2.12 bits per heavy atom. The predicted molar refractivity (Wildman–Crippen MR) is 101 cm³/mol. The quantitative estimate of drug-likeness (QED) is 0.842. The maximum atomic E-state index is 12.1. The van der Waals surface area contributed by atoms with E-state index in [9.17, 15) is 9.90 Å². The first-order chi connectivity index (χ1) is 12.0. The Kier molecular flexibility index (Phi) is 4.81. The Bertz CT molecular complexity index is 922. The molecule has 5 nitrogen and oxygen atoms in total. The summed E-state index contributed by atoms with van der Waals surface area (Å²) in [7, 11) is 3.20. The molecule has 1 aromatic heterocycles. The SMILES string of the molecule is COC(=O)C1=C(O)/C(=C\c2cccn2C)SC1=Nc1cccc(C)c1. The van der Waals surface area contributed by atoms with Crippen LogP contribution in [0.15, 0.2) is 63.8 Å². The molecule has 6 heteroatoms. The summed E-state index contributed by atoms with van der Waals surface area (Å²) in [6.45, 7) is 1.97. The minimum Gasteiger partial charge on any atom is -0.506 e. The second kappa shape index (κ2) is 7.03. The van der Waals surface area contributed by atoms with Gasteiger partial charge in [0.1, 0.15) is 16.4 Å². The zero-order chi connectivity index (χ0) is 18.0. The van der Waals surface area contributed by atoms with Gasteiger partial charge in [-0.05, 0) is 42.8 Å². The van der Waals surface area contributed by atoms with Gasteiger partial charge in [0.25, 0.3) is 0 Å². The van der Waals surface area contributed by atoms with Crippen LogP contribution in [0.2, 0.25) is 0 Å². The van der Waals surface area contributed by atoms with Crippen molar-refractivity contribution in [2.75, 3.05) is 7.11 Å². The topological polar surface area (TPSA) is 63.8 Å². The monoisotopic (exact) mass is 354 g/mol. The number of ether oxygens (including phenoxy) is 1. The number of rotatable bonds is 3. The minimum absolute atomic E-state index is 0.0921. The van der Waals surface area contributed by atoms with E-state index >= 15 is 0 Å². The van der Waals surface area contributed by atoms with Crippen molar-refractivity contribution in [3.8, 4) is 0 Å². The van der Waals surface area contributed by atoms with E-state index in [2.05, 4.69) is 4.99 Å². The predicted octanol–water partition coefficient (Wildman–Crippen LogP) is 4.14. The maximum Gasteiger partial charge on any atom is 0.344 e. The van der Waals surface area contributed by atoms with Gasteiger partial charge in [-0.15, -0.1) is 0 Å². The number of aliphatic imine (C=N–C) groups is 1. The number of hydrogen-bond donors (Lipinski definition) is 1. The molecule has 0 amide bonds. The van der Waals surface area contributed by atoms with Gasteiger partial charge in [0.05, 0.1) is 17.7 Å². The third kappa shape index (κ3) is 3.53. The number of carbonyl (C=O) groups is 1. The van der Waals surface area contributed by atoms with Crippen LogP contribution in [0.1, 0.15) is 11.3 Å². The lowest BCUT2D eigenvalue weighted by molar-refractivity contribution is -0.135. The average Bonchev–Trinajstić information content (AvgIpc) is 3.11. The second-order valence-corrected chi connectivity index (χ2v) is 6.66. The van der Waals surface area contributed by atoms with Gasteiger partial charge in [0.2, 0.25) is 0 Å². The number of thioether (sulfide) groups is 1. The molecule has 0 saturated heterocycles. The third-order valence-electron chi connectivity index (χ3n) is 3.78. The number of aromatic nitrogens is 1. The standard InChI is InChI=1S/C19H18N2O3S/c1-12-6-4-7-13(10-12)20-18-16(19(23)24-3)17(22)15(25-18)11-14-8-5-9-21(14)2/h4-11,22H,1-3H3/b15-11+,20-18?. The van der Waals surface area contributed by atoms with Crippen LogP contribution in [0.25, 0.3) is 6.08 Å². The van der Waals surface area contributed by atoms with Crippen LogP contribution in [-0.4, -0.2) is 27.8 Å². The van der Waals surface area contributed by atoms with Crippen LogP contribution >= 0.6 is 11.8 Å². The molecular weight excluding hydrogens is 336 g/mol. The Labute approximate surface area is 150 Å². The molecule has 0 spiro atoms. The highest BCUT2D eigenvalue weighted by atomic mass is 32.2. The van der Waals surface area contributed by atoms with Gasteiger partial charge in [-0.3, -0.25) is 0 Å². The normalized spacial score (nSPS) is 17.6. The fourth-order valence-electron chi connectivity index (χ4n) is 2.46. The highest BCUT2D eigenvalue weighted by Gasteiger charge is 2.33. The molecule has 0 saturated carbocycles. The smallest absolute Gasteiger partial charge is 0.344 e. The number of aryl methyl sites for hydroxylation is 2. The molecule has 0 radical (unpaired) electrons. The van der Waals surface area contributed by atoms with Crippen molar-refractivity contribution in [3.63, 3.8) is 0 Å². The lowest BCUT2D eigenvalue weighted by Crippen LogP contribution is -2.10. The van der Waals surface area contributed by atoms with Crippen LogP contribution < -0.4 is 0 Å². The van der Waals surface area contributed by atoms with Crippen LogP contribution in [0.4, 0.5) is 5.69 Å². The van der Waals surface area contributed by atoms with E-state index < -0.39 is 5.97 Å². The zero-order valence-electron chi connectivity index (χ0n) is 14.2.